The minimum Gasteiger partial charge on any atom is -0.462 e. The van der Waals surface area contributed by atoms with Crippen molar-refractivity contribution < 1.29 is 9.53 Å². The van der Waals surface area contributed by atoms with Gasteiger partial charge in [0.1, 0.15) is 5.82 Å². The third-order valence-corrected chi connectivity index (χ3v) is 3.23. The molecule has 1 aromatic heterocycles. The molecule has 0 bridgehead atoms. The zero-order valence-corrected chi connectivity index (χ0v) is 10.8. The molecular weight excluding hydrogens is 230 g/mol. The number of ether oxygens (including phenoxy) is 1. The SMILES string of the molecule is CCOC(=O)c1cc(N)ncc1NCC1(C)CC1. The Morgan fingerprint density at radius 3 is 2.94 bits per heavy atom. The summed E-state index contributed by atoms with van der Waals surface area (Å²) in [6, 6.07) is 1.55. The number of nitrogens with zero attached hydrogens (tertiary/aromatic N) is 1. The normalized spacial score (nSPS) is 16.1. The van der Waals surface area contributed by atoms with Gasteiger partial charge in [-0.25, -0.2) is 9.78 Å². The van der Waals surface area contributed by atoms with E-state index in [1.54, 1.807) is 19.2 Å². The Balaban J connectivity index is 2.14. The van der Waals surface area contributed by atoms with Crippen molar-refractivity contribution in [1.29, 1.82) is 0 Å². The predicted octanol–water partition coefficient (Wildman–Crippen LogP) is 2.05. The van der Waals surface area contributed by atoms with E-state index >= 15 is 0 Å². The van der Waals surface area contributed by atoms with Crippen LogP contribution < -0.4 is 11.1 Å². The number of carbonyl (C=O) groups is 1. The molecule has 18 heavy (non-hydrogen) atoms. The Hall–Kier alpha value is -1.78. The Kier molecular flexibility index (Phi) is 3.41. The van der Waals surface area contributed by atoms with E-state index in [-0.39, 0.29) is 5.97 Å². The van der Waals surface area contributed by atoms with Crippen LogP contribution in [-0.2, 0) is 4.74 Å². The highest BCUT2D eigenvalue weighted by Crippen LogP contribution is 2.44. The van der Waals surface area contributed by atoms with Gasteiger partial charge in [0.2, 0.25) is 0 Å². The van der Waals surface area contributed by atoms with Crippen LogP contribution in [-0.4, -0.2) is 24.1 Å². The number of carbonyl (C=O) groups excluding carboxylic acids is 1. The van der Waals surface area contributed by atoms with E-state index in [0.29, 0.717) is 29.1 Å². The number of hydrogen-bond acceptors (Lipinski definition) is 5. The van der Waals surface area contributed by atoms with Gasteiger partial charge in [-0.2, -0.15) is 0 Å². The first kappa shape index (κ1) is 12.7. The van der Waals surface area contributed by atoms with Crippen LogP contribution in [0.25, 0.3) is 0 Å². The maximum atomic E-state index is 11.8. The van der Waals surface area contributed by atoms with E-state index in [1.807, 2.05) is 0 Å². The number of rotatable bonds is 5. The Bertz CT molecular complexity index is 456. The first-order valence-electron chi connectivity index (χ1n) is 6.20. The van der Waals surface area contributed by atoms with Crippen molar-refractivity contribution in [2.45, 2.75) is 26.7 Å². The molecule has 0 aromatic carbocycles. The lowest BCUT2D eigenvalue weighted by Gasteiger charge is -2.14. The molecule has 98 valence electrons. The number of nitrogens with two attached hydrogens (primary N) is 1. The van der Waals surface area contributed by atoms with Gasteiger partial charge in [-0.05, 0) is 31.2 Å². The molecule has 2 rings (SSSR count). The molecule has 1 fully saturated rings. The zero-order chi connectivity index (χ0) is 13.2. The van der Waals surface area contributed by atoms with Gasteiger partial charge in [0.25, 0.3) is 0 Å². The number of aromatic nitrogens is 1. The molecule has 5 heteroatoms. The lowest BCUT2D eigenvalue weighted by molar-refractivity contribution is 0.0527. The average Bonchev–Trinajstić information content (AvgIpc) is 3.06. The Labute approximate surface area is 107 Å². The second kappa shape index (κ2) is 4.84. The van der Waals surface area contributed by atoms with Crippen LogP contribution in [0.4, 0.5) is 11.5 Å². The molecule has 0 unspecified atom stereocenters. The van der Waals surface area contributed by atoms with E-state index in [1.165, 1.54) is 12.8 Å². The van der Waals surface area contributed by atoms with Gasteiger partial charge in [0, 0.05) is 6.54 Å². The van der Waals surface area contributed by atoms with Crippen molar-refractivity contribution in [3.63, 3.8) is 0 Å². The molecule has 0 spiro atoms. The summed E-state index contributed by atoms with van der Waals surface area (Å²) in [4.78, 5) is 15.8. The van der Waals surface area contributed by atoms with Crippen molar-refractivity contribution in [3.05, 3.63) is 17.8 Å². The summed E-state index contributed by atoms with van der Waals surface area (Å²) in [5, 5.41) is 3.26. The van der Waals surface area contributed by atoms with Crippen molar-refractivity contribution in [2.75, 3.05) is 24.2 Å². The summed E-state index contributed by atoms with van der Waals surface area (Å²) in [6.45, 7) is 5.18. The maximum absolute atomic E-state index is 11.8. The van der Waals surface area contributed by atoms with E-state index in [4.69, 9.17) is 10.5 Å². The van der Waals surface area contributed by atoms with Crippen LogP contribution in [0.3, 0.4) is 0 Å². The van der Waals surface area contributed by atoms with E-state index in [9.17, 15) is 4.79 Å². The monoisotopic (exact) mass is 249 g/mol. The minimum absolute atomic E-state index is 0.321. The highest BCUT2D eigenvalue weighted by atomic mass is 16.5. The van der Waals surface area contributed by atoms with Crippen molar-refractivity contribution >= 4 is 17.5 Å². The second-order valence-corrected chi connectivity index (χ2v) is 5.04. The van der Waals surface area contributed by atoms with Crippen molar-refractivity contribution in [2.24, 2.45) is 5.41 Å². The van der Waals surface area contributed by atoms with Crippen LogP contribution in [0.2, 0.25) is 0 Å². The van der Waals surface area contributed by atoms with Crippen LogP contribution in [0.1, 0.15) is 37.0 Å². The molecule has 1 aliphatic rings. The molecule has 3 N–H and O–H groups in total. The van der Waals surface area contributed by atoms with Crippen LogP contribution in [0, 0.1) is 5.41 Å². The molecule has 1 aromatic rings. The van der Waals surface area contributed by atoms with E-state index < -0.39 is 0 Å². The summed E-state index contributed by atoms with van der Waals surface area (Å²) in [6.07, 6.45) is 4.03. The topological polar surface area (TPSA) is 77.2 Å². The summed E-state index contributed by atoms with van der Waals surface area (Å²) >= 11 is 0. The number of anilines is 2. The molecule has 1 aliphatic carbocycles. The number of nitrogens with one attached hydrogen (secondary N) is 1. The van der Waals surface area contributed by atoms with Gasteiger partial charge in [-0.3, -0.25) is 0 Å². The van der Waals surface area contributed by atoms with Crippen molar-refractivity contribution in [1.82, 2.24) is 4.98 Å². The van der Waals surface area contributed by atoms with Gasteiger partial charge in [0.05, 0.1) is 24.1 Å². The number of esters is 1. The quantitative estimate of drug-likeness (QED) is 0.781. The largest absolute Gasteiger partial charge is 0.462 e. The van der Waals surface area contributed by atoms with Crippen LogP contribution in [0.5, 0.6) is 0 Å². The molecule has 1 saturated carbocycles. The summed E-state index contributed by atoms with van der Waals surface area (Å²) in [5.41, 5.74) is 7.11. The summed E-state index contributed by atoms with van der Waals surface area (Å²) in [5.74, 6) is -0.0451. The zero-order valence-electron chi connectivity index (χ0n) is 10.8. The predicted molar refractivity (Wildman–Crippen MR) is 70.4 cm³/mol. The minimum atomic E-state index is -0.366. The molecule has 5 nitrogen and oxygen atoms in total. The van der Waals surface area contributed by atoms with Gasteiger partial charge < -0.3 is 15.8 Å². The third kappa shape index (κ3) is 2.91. The standard InChI is InChI=1S/C13H19N3O2/c1-3-18-12(17)9-6-11(14)15-7-10(9)16-8-13(2)4-5-13/h6-7,16H,3-5,8H2,1-2H3,(H2,14,15). The highest BCUT2D eigenvalue weighted by Gasteiger charge is 2.37. The van der Waals surface area contributed by atoms with E-state index in [0.717, 1.165) is 6.54 Å². The van der Waals surface area contributed by atoms with E-state index in [2.05, 4.69) is 17.2 Å². The highest BCUT2D eigenvalue weighted by molar-refractivity contribution is 5.96. The molecule has 1 heterocycles. The molecular formula is C13H19N3O2. The fourth-order valence-electron chi connectivity index (χ4n) is 1.69. The van der Waals surface area contributed by atoms with Gasteiger partial charge >= 0.3 is 5.97 Å². The number of pyridine rings is 1. The fraction of sp³-hybridized carbons (Fsp3) is 0.538. The first-order valence-corrected chi connectivity index (χ1v) is 6.20. The number of hydrogen-bond donors (Lipinski definition) is 2. The summed E-state index contributed by atoms with van der Waals surface area (Å²) < 4.78 is 5.01. The Morgan fingerprint density at radius 1 is 1.61 bits per heavy atom. The molecule has 0 amide bonds. The lowest BCUT2D eigenvalue weighted by Crippen LogP contribution is -2.16. The Morgan fingerprint density at radius 2 is 2.33 bits per heavy atom. The van der Waals surface area contributed by atoms with Gasteiger partial charge in [0.15, 0.2) is 0 Å². The van der Waals surface area contributed by atoms with Crippen LogP contribution >= 0.6 is 0 Å². The second-order valence-electron chi connectivity index (χ2n) is 5.04. The maximum Gasteiger partial charge on any atom is 0.340 e. The molecule has 0 radical (unpaired) electrons. The first-order chi connectivity index (χ1) is 8.54. The molecule has 0 saturated heterocycles. The molecule has 0 atom stereocenters. The number of nitrogen functional groups attached to an aromatic ring is 1. The lowest BCUT2D eigenvalue weighted by atomic mass is 10.1. The van der Waals surface area contributed by atoms with Gasteiger partial charge in [-0.1, -0.05) is 6.92 Å². The molecule has 0 aliphatic heterocycles. The van der Waals surface area contributed by atoms with Crippen molar-refractivity contribution in [3.8, 4) is 0 Å². The van der Waals surface area contributed by atoms with Gasteiger partial charge in [-0.15, -0.1) is 0 Å². The smallest absolute Gasteiger partial charge is 0.340 e. The third-order valence-electron chi connectivity index (χ3n) is 3.23. The average molecular weight is 249 g/mol. The fourth-order valence-corrected chi connectivity index (χ4v) is 1.69. The summed E-state index contributed by atoms with van der Waals surface area (Å²) in [7, 11) is 0. The van der Waals surface area contributed by atoms with Crippen LogP contribution in [0.15, 0.2) is 12.3 Å².